The van der Waals surface area contributed by atoms with Crippen molar-refractivity contribution < 1.29 is 9.90 Å². The first-order valence-corrected chi connectivity index (χ1v) is 6.67. The minimum Gasteiger partial charge on any atom is -0.394 e. The van der Waals surface area contributed by atoms with Crippen molar-refractivity contribution in [1.82, 2.24) is 5.32 Å². The van der Waals surface area contributed by atoms with Gasteiger partial charge in [0.2, 0.25) is 0 Å². The maximum atomic E-state index is 12.0. The Morgan fingerprint density at radius 3 is 2.63 bits per heavy atom. The molecule has 0 aliphatic heterocycles. The van der Waals surface area contributed by atoms with Crippen LogP contribution >= 0.6 is 0 Å². The SMILES string of the molecule is CCCC(C)(CO)NC(=O)Nc1cc(C)ccc1C. The van der Waals surface area contributed by atoms with Gasteiger partial charge < -0.3 is 15.7 Å². The van der Waals surface area contributed by atoms with Gasteiger partial charge in [-0.25, -0.2) is 4.79 Å². The predicted molar refractivity (Wildman–Crippen MR) is 78.5 cm³/mol. The second kappa shape index (κ2) is 6.57. The van der Waals surface area contributed by atoms with Crippen molar-refractivity contribution in [3.63, 3.8) is 0 Å². The van der Waals surface area contributed by atoms with E-state index < -0.39 is 5.54 Å². The number of carbonyl (C=O) groups excluding carboxylic acids is 1. The van der Waals surface area contributed by atoms with Crippen LogP contribution in [-0.2, 0) is 0 Å². The van der Waals surface area contributed by atoms with Crippen molar-refractivity contribution >= 4 is 11.7 Å². The molecule has 2 amide bonds. The van der Waals surface area contributed by atoms with Crippen LogP contribution in [0.4, 0.5) is 10.5 Å². The summed E-state index contributed by atoms with van der Waals surface area (Å²) in [5.41, 5.74) is 2.34. The summed E-state index contributed by atoms with van der Waals surface area (Å²) in [6, 6.07) is 5.64. The van der Waals surface area contributed by atoms with Gasteiger partial charge in [0.05, 0.1) is 12.1 Å². The minimum absolute atomic E-state index is 0.0684. The van der Waals surface area contributed by atoms with E-state index in [1.54, 1.807) is 0 Å². The molecule has 0 radical (unpaired) electrons. The van der Waals surface area contributed by atoms with Crippen molar-refractivity contribution in [1.29, 1.82) is 0 Å². The summed E-state index contributed by atoms with van der Waals surface area (Å²) in [5.74, 6) is 0. The average Bonchev–Trinajstić information content (AvgIpc) is 2.34. The number of aliphatic hydroxyl groups excluding tert-OH is 1. The van der Waals surface area contributed by atoms with E-state index in [2.05, 4.69) is 10.6 Å². The van der Waals surface area contributed by atoms with E-state index in [0.717, 1.165) is 29.7 Å². The number of nitrogens with one attached hydrogen (secondary N) is 2. The molecule has 0 spiro atoms. The molecule has 0 fully saturated rings. The highest BCUT2D eigenvalue weighted by Crippen LogP contribution is 2.17. The molecule has 4 heteroatoms. The number of aliphatic hydroxyl groups is 1. The topological polar surface area (TPSA) is 61.4 Å². The molecular formula is C15H24N2O2. The number of aryl methyl sites for hydroxylation is 2. The Balaban J connectivity index is 2.72. The normalized spacial score (nSPS) is 13.7. The Morgan fingerprint density at radius 2 is 2.05 bits per heavy atom. The number of hydrogen-bond donors (Lipinski definition) is 3. The van der Waals surface area contributed by atoms with Crippen molar-refractivity contribution in [2.75, 3.05) is 11.9 Å². The summed E-state index contributed by atoms with van der Waals surface area (Å²) < 4.78 is 0. The van der Waals surface area contributed by atoms with E-state index in [9.17, 15) is 9.90 Å². The summed E-state index contributed by atoms with van der Waals surface area (Å²) in [7, 11) is 0. The number of anilines is 1. The lowest BCUT2D eigenvalue weighted by molar-refractivity contribution is 0.167. The molecule has 1 atom stereocenters. The van der Waals surface area contributed by atoms with E-state index in [1.807, 2.05) is 45.9 Å². The zero-order chi connectivity index (χ0) is 14.5. The van der Waals surface area contributed by atoms with Gasteiger partial charge in [-0.05, 0) is 44.4 Å². The Morgan fingerprint density at radius 1 is 1.37 bits per heavy atom. The Kier molecular flexibility index (Phi) is 5.36. The monoisotopic (exact) mass is 264 g/mol. The number of urea groups is 1. The van der Waals surface area contributed by atoms with Gasteiger partial charge in [0.1, 0.15) is 0 Å². The van der Waals surface area contributed by atoms with Crippen LogP contribution < -0.4 is 10.6 Å². The van der Waals surface area contributed by atoms with Crippen LogP contribution in [0.1, 0.15) is 37.8 Å². The molecule has 1 aromatic rings. The number of hydrogen-bond acceptors (Lipinski definition) is 2. The van der Waals surface area contributed by atoms with Gasteiger partial charge in [0.15, 0.2) is 0 Å². The number of carbonyl (C=O) groups is 1. The minimum atomic E-state index is -0.573. The molecule has 19 heavy (non-hydrogen) atoms. The number of rotatable bonds is 5. The summed E-state index contributed by atoms with van der Waals surface area (Å²) in [5, 5.41) is 15.1. The van der Waals surface area contributed by atoms with E-state index >= 15 is 0 Å². The molecule has 0 aromatic heterocycles. The predicted octanol–water partition coefficient (Wildman–Crippen LogP) is 2.98. The fourth-order valence-corrected chi connectivity index (χ4v) is 2.03. The van der Waals surface area contributed by atoms with Crippen LogP contribution in [-0.4, -0.2) is 23.3 Å². The molecule has 106 valence electrons. The standard InChI is InChI=1S/C15H24N2O2/c1-5-8-15(4,10-18)17-14(19)16-13-9-11(2)6-7-12(13)3/h6-7,9,18H,5,8,10H2,1-4H3,(H2,16,17,19). The van der Waals surface area contributed by atoms with Gasteiger partial charge in [-0.2, -0.15) is 0 Å². The van der Waals surface area contributed by atoms with E-state index in [4.69, 9.17) is 0 Å². The highest BCUT2D eigenvalue weighted by Gasteiger charge is 2.24. The molecule has 0 saturated heterocycles. The van der Waals surface area contributed by atoms with Gasteiger partial charge in [-0.3, -0.25) is 0 Å². The molecule has 0 bridgehead atoms. The van der Waals surface area contributed by atoms with Gasteiger partial charge in [-0.1, -0.05) is 25.5 Å². The number of benzene rings is 1. The summed E-state index contributed by atoms with van der Waals surface area (Å²) in [6.45, 7) is 7.74. The van der Waals surface area contributed by atoms with Crippen molar-refractivity contribution in [3.05, 3.63) is 29.3 Å². The maximum Gasteiger partial charge on any atom is 0.319 e. The third kappa shape index (κ3) is 4.56. The Bertz CT molecular complexity index is 446. The first-order chi connectivity index (χ1) is 8.90. The largest absolute Gasteiger partial charge is 0.394 e. The fraction of sp³-hybridized carbons (Fsp3) is 0.533. The lowest BCUT2D eigenvalue weighted by Gasteiger charge is -2.28. The van der Waals surface area contributed by atoms with E-state index in [1.165, 1.54) is 0 Å². The van der Waals surface area contributed by atoms with Gasteiger partial charge in [0, 0.05) is 5.69 Å². The molecule has 1 rings (SSSR count). The van der Waals surface area contributed by atoms with Gasteiger partial charge in [-0.15, -0.1) is 0 Å². The van der Waals surface area contributed by atoms with Crippen LogP contribution in [0.3, 0.4) is 0 Å². The molecule has 3 N–H and O–H groups in total. The molecular weight excluding hydrogens is 240 g/mol. The van der Waals surface area contributed by atoms with Crippen molar-refractivity contribution in [3.8, 4) is 0 Å². The molecule has 4 nitrogen and oxygen atoms in total. The van der Waals surface area contributed by atoms with Crippen molar-refractivity contribution in [2.45, 2.75) is 46.1 Å². The molecule has 1 unspecified atom stereocenters. The molecule has 1 aromatic carbocycles. The summed E-state index contributed by atoms with van der Waals surface area (Å²) in [4.78, 5) is 12.0. The third-order valence-electron chi connectivity index (χ3n) is 3.21. The second-order valence-corrected chi connectivity index (χ2v) is 5.37. The quantitative estimate of drug-likeness (QED) is 0.765. The highest BCUT2D eigenvalue weighted by molar-refractivity contribution is 5.90. The molecule has 0 aliphatic carbocycles. The first kappa shape index (κ1) is 15.5. The molecule has 0 saturated carbocycles. The highest BCUT2D eigenvalue weighted by atomic mass is 16.3. The average molecular weight is 264 g/mol. The van der Waals surface area contributed by atoms with Gasteiger partial charge >= 0.3 is 6.03 Å². The molecule has 0 aliphatic rings. The molecule has 0 heterocycles. The Labute approximate surface area is 115 Å². The van der Waals surface area contributed by atoms with E-state index in [0.29, 0.717) is 0 Å². The zero-order valence-corrected chi connectivity index (χ0v) is 12.2. The second-order valence-electron chi connectivity index (χ2n) is 5.37. The smallest absolute Gasteiger partial charge is 0.319 e. The van der Waals surface area contributed by atoms with Crippen molar-refractivity contribution in [2.24, 2.45) is 0 Å². The zero-order valence-electron chi connectivity index (χ0n) is 12.2. The number of amides is 2. The van der Waals surface area contributed by atoms with Gasteiger partial charge in [0.25, 0.3) is 0 Å². The summed E-state index contributed by atoms with van der Waals surface area (Å²) in [6.07, 6.45) is 1.64. The lowest BCUT2D eigenvalue weighted by atomic mass is 9.97. The fourth-order valence-electron chi connectivity index (χ4n) is 2.03. The summed E-state index contributed by atoms with van der Waals surface area (Å²) >= 11 is 0. The third-order valence-corrected chi connectivity index (χ3v) is 3.21. The van der Waals surface area contributed by atoms with Crippen LogP contribution in [0.25, 0.3) is 0 Å². The Hall–Kier alpha value is -1.55. The van der Waals surface area contributed by atoms with E-state index in [-0.39, 0.29) is 12.6 Å². The maximum absolute atomic E-state index is 12.0. The van der Waals surface area contributed by atoms with Crippen LogP contribution in [0, 0.1) is 13.8 Å². The lowest BCUT2D eigenvalue weighted by Crippen LogP contribution is -2.50. The van der Waals surface area contributed by atoms with Crippen LogP contribution in [0.2, 0.25) is 0 Å². The van der Waals surface area contributed by atoms with Crippen LogP contribution in [0.15, 0.2) is 18.2 Å². The van der Waals surface area contributed by atoms with Crippen LogP contribution in [0.5, 0.6) is 0 Å². The first-order valence-electron chi connectivity index (χ1n) is 6.67.